The van der Waals surface area contributed by atoms with Crippen LogP contribution in [-0.4, -0.2) is 21.0 Å². The molecule has 1 heterocycles. The van der Waals surface area contributed by atoms with Crippen molar-refractivity contribution in [2.45, 2.75) is 11.1 Å². The van der Waals surface area contributed by atoms with Crippen LogP contribution in [0, 0.1) is 0 Å². The Morgan fingerprint density at radius 2 is 2.10 bits per heavy atom. The quantitative estimate of drug-likeness (QED) is 0.843. The van der Waals surface area contributed by atoms with Crippen molar-refractivity contribution in [1.82, 2.24) is 0 Å². The lowest BCUT2D eigenvalue weighted by atomic mass is 10.2. The summed E-state index contributed by atoms with van der Waals surface area (Å²) in [6.45, 7) is 1.95. The van der Waals surface area contributed by atoms with Crippen LogP contribution in [0.5, 0.6) is 0 Å². The van der Waals surface area contributed by atoms with Crippen LogP contribution in [0.3, 0.4) is 0 Å². The van der Waals surface area contributed by atoms with E-state index in [-0.39, 0.29) is 22.1 Å². The summed E-state index contributed by atoms with van der Waals surface area (Å²) in [5.41, 5.74) is 0.561. The molecule has 2 rings (SSSR count). The SMILES string of the molecule is CCOC(=O)c1cccc(NS(=O)(=O)c2ccc(Cl)s2)c1. The molecular formula is C13H12ClNO4S2. The van der Waals surface area contributed by atoms with Gasteiger partial charge in [-0.15, -0.1) is 11.3 Å². The number of esters is 1. The van der Waals surface area contributed by atoms with Gasteiger partial charge in [-0.3, -0.25) is 4.72 Å². The van der Waals surface area contributed by atoms with Crippen LogP contribution in [0.1, 0.15) is 17.3 Å². The Labute approximate surface area is 131 Å². The molecule has 0 saturated heterocycles. The Morgan fingerprint density at radius 1 is 1.33 bits per heavy atom. The number of hydrogen-bond donors (Lipinski definition) is 1. The summed E-state index contributed by atoms with van der Waals surface area (Å²) in [5, 5.41) is 0. The van der Waals surface area contributed by atoms with E-state index in [1.54, 1.807) is 25.1 Å². The highest BCUT2D eigenvalue weighted by Crippen LogP contribution is 2.27. The van der Waals surface area contributed by atoms with Crippen LogP contribution in [0.25, 0.3) is 0 Å². The summed E-state index contributed by atoms with van der Waals surface area (Å²) >= 11 is 6.69. The summed E-state index contributed by atoms with van der Waals surface area (Å²) in [7, 11) is -3.72. The van der Waals surface area contributed by atoms with Gasteiger partial charge in [0, 0.05) is 5.69 Å². The third-order valence-electron chi connectivity index (χ3n) is 2.44. The molecule has 0 aliphatic heterocycles. The minimum atomic E-state index is -3.72. The van der Waals surface area contributed by atoms with Gasteiger partial charge in [0.1, 0.15) is 4.21 Å². The molecule has 0 saturated carbocycles. The molecule has 5 nitrogen and oxygen atoms in total. The van der Waals surface area contributed by atoms with E-state index < -0.39 is 16.0 Å². The highest BCUT2D eigenvalue weighted by atomic mass is 35.5. The number of thiophene rings is 1. The maximum Gasteiger partial charge on any atom is 0.338 e. The molecule has 112 valence electrons. The molecule has 0 aliphatic carbocycles. The number of nitrogens with one attached hydrogen (secondary N) is 1. The maximum absolute atomic E-state index is 12.1. The Kier molecular flexibility index (Phi) is 4.87. The fourth-order valence-corrected chi connectivity index (χ4v) is 4.10. The molecule has 1 aromatic carbocycles. The third-order valence-corrected chi connectivity index (χ3v) is 5.54. The van der Waals surface area contributed by atoms with Crippen LogP contribution in [-0.2, 0) is 14.8 Å². The second-order valence-corrected chi connectivity index (χ2v) is 7.59. The molecule has 0 fully saturated rings. The van der Waals surface area contributed by atoms with E-state index in [1.165, 1.54) is 18.2 Å². The number of sulfonamides is 1. The van der Waals surface area contributed by atoms with Gasteiger partial charge in [0.05, 0.1) is 16.5 Å². The average Bonchev–Trinajstić information content (AvgIpc) is 2.86. The van der Waals surface area contributed by atoms with Gasteiger partial charge in [-0.2, -0.15) is 0 Å². The van der Waals surface area contributed by atoms with Crippen LogP contribution < -0.4 is 4.72 Å². The number of rotatable bonds is 5. The van der Waals surface area contributed by atoms with Gasteiger partial charge < -0.3 is 4.74 Å². The van der Waals surface area contributed by atoms with Crippen LogP contribution in [0.2, 0.25) is 4.34 Å². The van der Waals surface area contributed by atoms with Crippen LogP contribution >= 0.6 is 22.9 Å². The number of hydrogen-bond acceptors (Lipinski definition) is 5. The fourth-order valence-electron chi connectivity index (χ4n) is 1.57. The van der Waals surface area contributed by atoms with E-state index in [1.807, 2.05) is 0 Å². The predicted octanol–water partition coefficient (Wildman–Crippen LogP) is 3.38. The summed E-state index contributed by atoms with van der Waals surface area (Å²) < 4.78 is 32.1. The van der Waals surface area contributed by atoms with Crippen molar-refractivity contribution >= 4 is 44.6 Å². The molecule has 8 heteroatoms. The van der Waals surface area contributed by atoms with E-state index in [4.69, 9.17) is 16.3 Å². The first-order valence-corrected chi connectivity index (χ1v) is 8.65. The molecule has 0 bridgehead atoms. The Hall–Kier alpha value is -1.57. The summed E-state index contributed by atoms with van der Waals surface area (Å²) in [6.07, 6.45) is 0. The molecule has 1 aromatic heterocycles. The van der Waals surface area contributed by atoms with E-state index in [0.717, 1.165) is 11.3 Å². The molecule has 21 heavy (non-hydrogen) atoms. The topological polar surface area (TPSA) is 72.5 Å². The van der Waals surface area contributed by atoms with E-state index in [2.05, 4.69) is 4.72 Å². The molecule has 0 spiro atoms. The number of carbonyl (C=O) groups excluding carboxylic acids is 1. The minimum Gasteiger partial charge on any atom is -0.462 e. The van der Waals surface area contributed by atoms with Crippen molar-refractivity contribution in [1.29, 1.82) is 0 Å². The van der Waals surface area contributed by atoms with Gasteiger partial charge in [-0.25, -0.2) is 13.2 Å². The lowest BCUT2D eigenvalue weighted by molar-refractivity contribution is 0.0526. The summed E-state index contributed by atoms with van der Waals surface area (Å²) in [6, 6.07) is 9.03. The molecule has 0 radical (unpaired) electrons. The fraction of sp³-hybridized carbons (Fsp3) is 0.154. The number of anilines is 1. The Bertz CT molecular complexity index is 755. The first-order valence-electron chi connectivity index (χ1n) is 5.97. The second kappa shape index (κ2) is 6.46. The smallest absolute Gasteiger partial charge is 0.338 e. The molecule has 2 aromatic rings. The third kappa shape index (κ3) is 3.96. The molecule has 1 N–H and O–H groups in total. The van der Waals surface area contributed by atoms with Crippen molar-refractivity contribution in [3.63, 3.8) is 0 Å². The summed E-state index contributed by atoms with van der Waals surface area (Å²) in [5.74, 6) is -0.502. The zero-order chi connectivity index (χ0) is 15.5. The van der Waals surface area contributed by atoms with Gasteiger partial charge in [0.15, 0.2) is 0 Å². The highest BCUT2D eigenvalue weighted by molar-refractivity contribution is 7.94. The van der Waals surface area contributed by atoms with Crippen molar-refractivity contribution < 1.29 is 17.9 Å². The van der Waals surface area contributed by atoms with Crippen molar-refractivity contribution in [3.05, 3.63) is 46.3 Å². The van der Waals surface area contributed by atoms with Gasteiger partial charge >= 0.3 is 5.97 Å². The highest BCUT2D eigenvalue weighted by Gasteiger charge is 2.17. The number of benzene rings is 1. The van der Waals surface area contributed by atoms with Crippen LogP contribution in [0.4, 0.5) is 5.69 Å². The summed E-state index contributed by atoms with van der Waals surface area (Å²) in [4.78, 5) is 11.6. The average molecular weight is 346 g/mol. The van der Waals surface area contributed by atoms with Crippen molar-refractivity contribution in [3.8, 4) is 0 Å². The Morgan fingerprint density at radius 3 is 2.71 bits per heavy atom. The molecule has 0 atom stereocenters. The minimum absolute atomic E-state index is 0.106. The van der Waals surface area contributed by atoms with E-state index in [9.17, 15) is 13.2 Å². The molecule has 0 unspecified atom stereocenters. The zero-order valence-electron chi connectivity index (χ0n) is 11.0. The van der Waals surface area contributed by atoms with Gasteiger partial charge in [0.2, 0.25) is 0 Å². The standard InChI is InChI=1S/C13H12ClNO4S2/c1-2-19-13(16)9-4-3-5-10(8-9)15-21(17,18)12-7-6-11(14)20-12/h3-8,15H,2H2,1H3. The number of halogens is 1. The van der Waals surface area contributed by atoms with Gasteiger partial charge in [0.25, 0.3) is 10.0 Å². The zero-order valence-corrected chi connectivity index (χ0v) is 13.4. The van der Waals surface area contributed by atoms with E-state index >= 15 is 0 Å². The maximum atomic E-state index is 12.1. The largest absolute Gasteiger partial charge is 0.462 e. The van der Waals surface area contributed by atoms with Gasteiger partial charge in [-0.05, 0) is 37.3 Å². The first kappa shape index (κ1) is 15.8. The first-order chi connectivity index (χ1) is 9.92. The number of carbonyl (C=O) groups is 1. The van der Waals surface area contributed by atoms with Gasteiger partial charge in [-0.1, -0.05) is 17.7 Å². The normalized spacial score (nSPS) is 11.1. The second-order valence-electron chi connectivity index (χ2n) is 3.97. The monoisotopic (exact) mass is 345 g/mol. The lowest BCUT2D eigenvalue weighted by Crippen LogP contribution is -2.12. The number of ether oxygens (including phenoxy) is 1. The molecular weight excluding hydrogens is 334 g/mol. The predicted molar refractivity (Wildman–Crippen MR) is 82.5 cm³/mol. The van der Waals surface area contributed by atoms with Crippen molar-refractivity contribution in [2.75, 3.05) is 11.3 Å². The van der Waals surface area contributed by atoms with Crippen LogP contribution in [0.15, 0.2) is 40.6 Å². The lowest BCUT2D eigenvalue weighted by Gasteiger charge is -2.08. The molecule has 0 aliphatic rings. The van der Waals surface area contributed by atoms with Crippen molar-refractivity contribution in [2.24, 2.45) is 0 Å². The molecule has 0 amide bonds. The van der Waals surface area contributed by atoms with E-state index in [0.29, 0.717) is 4.34 Å². The Balaban J connectivity index is 2.24.